The van der Waals surface area contributed by atoms with Gasteiger partial charge >= 0.3 is 0 Å². The number of carbonyl (C=O) groups excluding carboxylic acids is 2. The molecule has 2 aliphatic rings. The number of carbonyl (C=O) groups is 2. The molecule has 4 heterocycles. The van der Waals surface area contributed by atoms with E-state index in [-0.39, 0.29) is 17.9 Å². The third kappa shape index (κ3) is 3.36. The number of fused-ring (bicyclic) bond motifs is 2. The van der Waals surface area contributed by atoms with Crippen LogP contribution in [0.1, 0.15) is 45.8 Å². The molecule has 0 bridgehead atoms. The van der Waals surface area contributed by atoms with E-state index in [2.05, 4.69) is 29.0 Å². The van der Waals surface area contributed by atoms with Gasteiger partial charge < -0.3 is 14.8 Å². The van der Waals surface area contributed by atoms with E-state index in [1.807, 2.05) is 34.1 Å². The van der Waals surface area contributed by atoms with E-state index in [1.54, 1.807) is 12.3 Å². The van der Waals surface area contributed by atoms with Gasteiger partial charge in [-0.1, -0.05) is 17.7 Å². The fourth-order valence-corrected chi connectivity index (χ4v) is 5.01. The molecule has 0 radical (unpaired) electrons. The number of piperidine rings is 2. The van der Waals surface area contributed by atoms with Crippen molar-refractivity contribution in [2.24, 2.45) is 5.92 Å². The number of likely N-dealkylation sites (tertiary alicyclic amines) is 2. The number of nitrogens with one attached hydrogen (secondary N) is 1. The Hall–Kier alpha value is -3.15. The molecule has 2 amide bonds. The highest BCUT2D eigenvalue weighted by Crippen LogP contribution is 2.32. The van der Waals surface area contributed by atoms with Gasteiger partial charge in [-0.2, -0.15) is 0 Å². The molecule has 30 heavy (non-hydrogen) atoms. The first-order valence-electron chi connectivity index (χ1n) is 10.7. The Morgan fingerprint density at radius 2 is 1.97 bits per heavy atom. The molecule has 154 valence electrons. The number of aryl methyl sites for hydroxylation is 1. The molecular formula is C24H26N4O2. The van der Waals surface area contributed by atoms with Gasteiger partial charge in [0.2, 0.25) is 0 Å². The molecule has 1 N–H and O–H groups in total. The van der Waals surface area contributed by atoms with Crippen LogP contribution in [-0.4, -0.2) is 57.3 Å². The van der Waals surface area contributed by atoms with Crippen molar-refractivity contribution in [2.75, 3.05) is 19.6 Å². The first kappa shape index (κ1) is 18.9. The molecule has 0 saturated carbocycles. The third-order valence-electron chi connectivity index (χ3n) is 6.51. The van der Waals surface area contributed by atoms with Crippen molar-refractivity contribution in [3.05, 3.63) is 65.6 Å². The summed E-state index contributed by atoms with van der Waals surface area (Å²) in [6.07, 6.45) is 4.49. The van der Waals surface area contributed by atoms with Crippen LogP contribution < -0.4 is 0 Å². The minimum Gasteiger partial charge on any atom is -0.351 e. The van der Waals surface area contributed by atoms with Crippen molar-refractivity contribution in [3.8, 4) is 0 Å². The predicted octanol–water partition coefficient (Wildman–Crippen LogP) is 3.64. The quantitative estimate of drug-likeness (QED) is 0.712. The van der Waals surface area contributed by atoms with Crippen LogP contribution in [0.5, 0.6) is 0 Å². The lowest BCUT2D eigenvalue weighted by atomic mass is 9.83. The van der Waals surface area contributed by atoms with Crippen LogP contribution in [0.4, 0.5) is 0 Å². The lowest BCUT2D eigenvalue weighted by molar-refractivity contribution is 0.0192. The van der Waals surface area contributed by atoms with Gasteiger partial charge in [-0.3, -0.25) is 14.6 Å². The first-order chi connectivity index (χ1) is 14.6. The summed E-state index contributed by atoms with van der Waals surface area (Å²) in [5.41, 5.74) is 3.33. The predicted molar refractivity (Wildman–Crippen MR) is 115 cm³/mol. The van der Waals surface area contributed by atoms with Crippen LogP contribution in [0.2, 0.25) is 0 Å². The molecule has 5 rings (SSSR count). The molecule has 1 aromatic carbocycles. The summed E-state index contributed by atoms with van der Waals surface area (Å²) in [4.78, 5) is 37.6. The van der Waals surface area contributed by atoms with Crippen LogP contribution in [0, 0.1) is 12.8 Å². The van der Waals surface area contributed by atoms with Gasteiger partial charge in [0.1, 0.15) is 11.4 Å². The highest BCUT2D eigenvalue weighted by Gasteiger charge is 2.40. The summed E-state index contributed by atoms with van der Waals surface area (Å²) < 4.78 is 0. The van der Waals surface area contributed by atoms with Crippen molar-refractivity contribution >= 4 is 22.7 Å². The summed E-state index contributed by atoms with van der Waals surface area (Å²) in [5, 5.41) is 1.07. The van der Waals surface area contributed by atoms with Crippen molar-refractivity contribution in [3.63, 3.8) is 0 Å². The zero-order valence-corrected chi connectivity index (χ0v) is 17.2. The maximum Gasteiger partial charge on any atom is 0.272 e. The van der Waals surface area contributed by atoms with Gasteiger partial charge in [-0.05, 0) is 62.4 Å². The average Bonchev–Trinajstić information content (AvgIpc) is 3.21. The average molecular weight is 402 g/mol. The zero-order chi connectivity index (χ0) is 20.7. The van der Waals surface area contributed by atoms with E-state index in [9.17, 15) is 9.59 Å². The SMILES string of the molecule is Cc1ccc2[nH]c(C(=O)N3CCC[C@@H]4CN(C(=O)c5ccccn5)CC[C@@H]43)cc2c1. The zero-order valence-electron chi connectivity index (χ0n) is 17.2. The lowest BCUT2D eigenvalue weighted by Gasteiger charge is -2.47. The molecule has 6 heteroatoms. The van der Waals surface area contributed by atoms with Crippen molar-refractivity contribution in [2.45, 2.75) is 32.2 Å². The molecule has 2 aromatic heterocycles. The van der Waals surface area contributed by atoms with Crippen LogP contribution in [0.3, 0.4) is 0 Å². The highest BCUT2D eigenvalue weighted by atomic mass is 16.2. The molecular weight excluding hydrogens is 376 g/mol. The second-order valence-electron chi connectivity index (χ2n) is 8.50. The first-order valence-corrected chi connectivity index (χ1v) is 10.7. The maximum absolute atomic E-state index is 13.4. The van der Waals surface area contributed by atoms with E-state index < -0.39 is 0 Å². The summed E-state index contributed by atoms with van der Waals surface area (Å²) in [5.74, 6) is 0.377. The fourth-order valence-electron chi connectivity index (χ4n) is 5.01. The van der Waals surface area contributed by atoms with Gasteiger partial charge in [0, 0.05) is 42.8 Å². The largest absolute Gasteiger partial charge is 0.351 e. The highest BCUT2D eigenvalue weighted by molar-refractivity contribution is 5.98. The van der Waals surface area contributed by atoms with E-state index in [0.717, 1.165) is 36.7 Å². The van der Waals surface area contributed by atoms with Crippen LogP contribution >= 0.6 is 0 Å². The van der Waals surface area contributed by atoms with Gasteiger partial charge in [0.15, 0.2) is 0 Å². The Bertz CT molecular complexity index is 1090. The maximum atomic E-state index is 13.4. The molecule has 6 nitrogen and oxygen atoms in total. The minimum absolute atomic E-state index is 0.0107. The Balaban J connectivity index is 1.33. The standard InChI is InChI=1S/C24H26N4O2/c1-16-7-8-19-18(13-16)14-21(26-19)24(30)28-11-4-5-17-15-27(12-9-22(17)28)23(29)20-6-2-3-10-25-20/h2-3,6-8,10,13-14,17,22,26H,4-5,9,11-12,15H2,1H3/t17-,22+/m1/s1. The lowest BCUT2D eigenvalue weighted by Crippen LogP contribution is -2.56. The van der Waals surface area contributed by atoms with E-state index in [0.29, 0.717) is 30.4 Å². The summed E-state index contributed by atoms with van der Waals surface area (Å²) in [6.45, 7) is 4.19. The van der Waals surface area contributed by atoms with Crippen LogP contribution in [0.15, 0.2) is 48.7 Å². The molecule has 0 unspecified atom stereocenters. The number of benzene rings is 1. The fraction of sp³-hybridized carbons (Fsp3) is 0.375. The number of pyridine rings is 1. The van der Waals surface area contributed by atoms with Crippen molar-refractivity contribution in [1.82, 2.24) is 19.8 Å². The minimum atomic E-state index is -0.0107. The molecule has 0 spiro atoms. The summed E-state index contributed by atoms with van der Waals surface area (Å²) in [6, 6.07) is 13.8. The number of nitrogens with zero attached hydrogens (tertiary/aromatic N) is 3. The Morgan fingerprint density at radius 3 is 2.80 bits per heavy atom. The monoisotopic (exact) mass is 402 g/mol. The van der Waals surface area contributed by atoms with E-state index in [4.69, 9.17) is 0 Å². The van der Waals surface area contributed by atoms with Gasteiger partial charge in [0.05, 0.1) is 0 Å². The second kappa shape index (κ2) is 7.59. The third-order valence-corrected chi connectivity index (χ3v) is 6.51. The summed E-state index contributed by atoms with van der Waals surface area (Å²) >= 11 is 0. The van der Waals surface area contributed by atoms with Crippen molar-refractivity contribution in [1.29, 1.82) is 0 Å². The molecule has 2 saturated heterocycles. The topological polar surface area (TPSA) is 69.3 Å². The van der Waals surface area contributed by atoms with Gasteiger partial charge in [-0.25, -0.2) is 0 Å². The number of hydrogen-bond acceptors (Lipinski definition) is 3. The Morgan fingerprint density at radius 1 is 1.07 bits per heavy atom. The number of aromatic nitrogens is 2. The number of aromatic amines is 1. The molecule has 2 aliphatic heterocycles. The van der Waals surface area contributed by atoms with E-state index in [1.165, 1.54) is 5.56 Å². The number of H-pyrrole nitrogens is 1. The van der Waals surface area contributed by atoms with E-state index >= 15 is 0 Å². The van der Waals surface area contributed by atoms with Gasteiger partial charge in [0.25, 0.3) is 11.8 Å². The summed E-state index contributed by atoms with van der Waals surface area (Å²) in [7, 11) is 0. The van der Waals surface area contributed by atoms with Crippen LogP contribution in [0.25, 0.3) is 10.9 Å². The molecule has 2 fully saturated rings. The van der Waals surface area contributed by atoms with Gasteiger partial charge in [-0.15, -0.1) is 0 Å². The normalized spacial score (nSPS) is 21.5. The number of hydrogen-bond donors (Lipinski definition) is 1. The molecule has 2 atom stereocenters. The molecule has 0 aliphatic carbocycles. The smallest absolute Gasteiger partial charge is 0.272 e. The number of rotatable bonds is 2. The van der Waals surface area contributed by atoms with Crippen LogP contribution in [-0.2, 0) is 0 Å². The van der Waals surface area contributed by atoms with Crippen molar-refractivity contribution < 1.29 is 9.59 Å². The Labute approximate surface area is 175 Å². The Kier molecular flexibility index (Phi) is 4.77. The molecule has 3 aromatic rings. The second-order valence-corrected chi connectivity index (χ2v) is 8.50. The number of amides is 2.